The number of rotatable bonds is 5. The Hall–Kier alpha value is -1.64. The topological polar surface area (TPSA) is 75.6 Å². The van der Waals surface area contributed by atoms with E-state index < -0.39 is 35.7 Å². The first-order valence-corrected chi connectivity index (χ1v) is 9.11. The van der Waals surface area contributed by atoms with Crippen LogP contribution in [-0.4, -0.2) is 47.4 Å². The quantitative estimate of drug-likeness (QED) is 0.843. The normalized spacial score (nSPS) is 36.0. The molecule has 7 nitrogen and oxygen atoms in total. The molecule has 1 aromatic rings. The van der Waals surface area contributed by atoms with Crippen molar-refractivity contribution in [2.75, 3.05) is 6.61 Å². The van der Waals surface area contributed by atoms with Gasteiger partial charge in [-0.15, -0.1) is 0 Å². The van der Waals surface area contributed by atoms with Crippen molar-refractivity contribution in [3.05, 3.63) is 47.9 Å². The highest BCUT2D eigenvalue weighted by molar-refractivity contribution is 5.20. The number of hydrogen-bond donors (Lipinski definition) is 1. The van der Waals surface area contributed by atoms with E-state index in [9.17, 15) is 5.11 Å². The van der Waals surface area contributed by atoms with Gasteiger partial charge in [-0.2, -0.15) is 0 Å². The molecule has 0 bridgehead atoms. The minimum absolute atomic E-state index is 0.284. The van der Waals surface area contributed by atoms with E-state index in [0.717, 1.165) is 5.56 Å². The summed E-state index contributed by atoms with van der Waals surface area (Å²) in [6, 6.07) is 9.73. The highest BCUT2D eigenvalue weighted by Gasteiger charge is 2.66. The van der Waals surface area contributed by atoms with E-state index in [-0.39, 0.29) is 13.2 Å². The molecule has 27 heavy (non-hydrogen) atoms. The van der Waals surface area contributed by atoms with Crippen molar-refractivity contribution in [1.29, 1.82) is 0 Å². The van der Waals surface area contributed by atoms with Gasteiger partial charge in [-0.3, -0.25) is 0 Å². The van der Waals surface area contributed by atoms with Crippen molar-refractivity contribution in [3.8, 4) is 0 Å². The van der Waals surface area contributed by atoms with Gasteiger partial charge in [0.1, 0.15) is 12.4 Å². The van der Waals surface area contributed by atoms with Gasteiger partial charge in [0.2, 0.25) is 5.79 Å². The van der Waals surface area contributed by atoms with Crippen LogP contribution in [0.1, 0.15) is 33.3 Å². The lowest BCUT2D eigenvalue weighted by atomic mass is 9.91. The van der Waals surface area contributed by atoms with Gasteiger partial charge in [0.15, 0.2) is 29.5 Å². The van der Waals surface area contributed by atoms with Crippen LogP contribution in [0.2, 0.25) is 0 Å². The van der Waals surface area contributed by atoms with Gasteiger partial charge in [-0.25, -0.2) is 0 Å². The second-order valence-corrected chi connectivity index (χ2v) is 7.97. The highest BCUT2D eigenvalue weighted by atomic mass is 16.9. The zero-order valence-corrected chi connectivity index (χ0v) is 16.0. The van der Waals surface area contributed by atoms with E-state index in [1.807, 2.05) is 30.3 Å². The summed E-state index contributed by atoms with van der Waals surface area (Å²) >= 11 is 0. The van der Waals surface area contributed by atoms with Crippen LogP contribution in [0.3, 0.4) is 0 Å². The fraction of sp³-hybridized carbons (Fsp3) is 0.600. The van der Waals surface area contributed by atoms with Gasteiger partial charge in [0.25, 0.3) is 0 Å². The Morgan fingerprint density at radius 1 is 1.04 bits per heavy atom. The van der Waals surface area contributed by atoms with Crippen LogP contribution >= 0.6 is 0 Å². The zero-order chi connectivity index (χ0) is 19.3. The smallest absolute Gasteiger partial charge is 0.244 e. The predicted octanol–water partition coefficient (Wildman–Crippen LogP) is 2.44. The van der Waals surface area contributed by atoms with Crippen LogP contribution in [-0.2, 0) is 35.0 Å². The molecule has 0 saturated carbocycles. The molecule has 4 atom stereocenters. The summed E-state index contributed by atoms with van der Waals surface area (Å²) in [7, 11) is 0. The van der Waals surface area contributed by atoms with Crippen LogP contribution in [0.5, 0.6) is 0 Å². The first-order valence-electron chi connectivity index (χ1n) is 9.11. The molecule has 2 saturated heterocycles. The number of aliphatic hydroxyl groups excluding tert-OH is 1. The van der Waals surface area contributed by atoms with Crippen LogP contribution < -0.4 is 0 Å². The summed E-state index contributed by atoms with van der Waals surface area (Å²) in [6.07, 6.45) is -0.507. The van der Waals surface area contributed by atoms with Crippen molar-refractivity contribution in [2.45, 2.75) is 70.0 Å². The molecule has 0 spiro atoms. The van der Waals surface area contributed by atoms with Crippen LogP contribution in [0.4, 0.5) is 0 Å². The predicted molar refractivity (Wildman–Crippen MR) is 94.1 cm³/mol. The average Bonchev–Trinajstić information content (AvgIpc) is 3.22. The molecule has 1 N–H and O–H groups in total. The van der Waals surface area contributed by atoms with Gasteiger partial charge >= 0.3 is 0 Å². The van der Waals surface area contributed by atoms with Crippen LogP contribution in [0, 0.1) is 0 Å². The van der Waals surface area contributed by atoms with E-state index in [2.05, 4.69) is 0 Å². The van der Waals surface area contributed by atoms with Crippen molar-refractivity contribution < 1.29 is 33.5 Å². The Morgan fingerprint density at radius 2 is 1.78 bits per heavy atom. The first kappa shape index (κ1) is 18.7. The fourth-order valence-corrected chi connectivity index (χ4v) is 3.68. The molecule has 0 aliphatic carbocycles. The van der Waals surface area contributed by atoms with Gasteiger partial charge in [0.05, 0.1) is 13.2 Å². The molecule has 1 aromatic carbocycles. The Morgan fingerprint density at radius 3 is 2.41 bits per heavy atom. The molecule has 3 aliphatic heterocycles. The number of ether oxygens (including phenoxy) is 6. The second kappa shape index (κ2) is 6.46. The largest absolute Gasteiger partial charge is 0.457 e. The summed E-state index contributed by atoms with van der Waals surface area (Å²) in [6.45, 7) is 7.17. The molecule has 3 aliphatic rings. The summed E-state index contributed by atoms with van der Waals surface area (Å²) < 4.78 is 35.7. The maximum absolute atomic E-state index is 10.4. The third kappa shape index (κ3) is 3.34. The molecule has 2 fully saturated rings. The summed E-state index contributed by atoms with van der Waals surface area (Å²) in [4.78, 5) is 0. The zero-order valence-electron chi connectivity index (χ0n) is 16.0. The average molecular weight is 378 g/mol. The number of benzene rings is 1. The Balaban J connectivity index is 1.64. The fourth-order valence-electron chi connectivity index (χ4n) is 3.68. The van der Waals surface area contributed by atoms with Gasteiger partial charge in [0, 0.05) is 13.8 Å². The third-order valence-electron chi connectivity index (χ3n) is 4.93. The monoisotopic (exact) mass is 378 g/mol. The maximum atomic E-state index is 10.4. The third-order valence-corrected chi connectivity index (χ3v) is 4.93. The Bertz CT molecular complexity index is 714. The van der Waals surface area contributed by atoms with Gasteiger partial charge < -0.3 is 33.5 Å². The van der Waals surface area contributed by atoms with Crippen molar-refractivity contribution in [2.24, 2.45) is 0 Å². The van der Waals surface area contributed by atoms with E-state index in [1.54, 1.807) is 27.7 Å². The lowest BCUT2D eigenvalue weighted by molar-refractivity contribution is -0.246. The highest BCUT2D eigenvalue weighted by Crippen LogP contribution is 2.48. The number of aliphatic hydroxyl groups is 1. The molecule has 7 heteroatoms. The van der Waals surface area contributed by atoms with Crippen molar-refractivity contribution in [3.63, 3.8) is 0 Å². The van der Waals surface area contributed by atoms with Crippen molar-refractivity contribution >= 4 is 0 Å². The molecular formula is C20H26O7. The molecule has 0 aromatic heterocycles. The van der Waals surface area contributed by atoms with Crippen LogP contribution in [0.15, 0.2) is 42.4 Å². The van der Waals surface area contributed by atoms with E-state index in [0.29, 0.717) is 5.76 Å². The lowest BCUT2D eigenvalue weighted by Gasteiger charge is -2.36. The molecule has 1 unspecified atom stereocenters. The van der Waals surface area contributed by atoms with E-state index >= 15 is 0 Å². The molecule has 3 heterocycles. The first-order chi connectivity index (χ1) is 12.7. The summed E-state index contributed by atoms with van der Waals surface area (Å²) in [5, 5.41) is 10.4. The summed E-state index contributed by atoms with van der Waals surface area (Å²) in [5.74, 6) is -1.20. The minimum Gasteiger partial charge on any atom is -0.457 e. The Kier molecular flexibility index (Phi) is 4.48. The summed E-state index contributed by atoms with van der Waals surface area (Å²) in [5.41, 5.74) is -0.215. The molecule has 148 valence electrons. The molecule has 0 radical (unpaired) electrons. The van der Waals surface area contributed by atoms with Gasteiger partial charge in [-0.1, -0.05) is 30.3 Å². The van der Waals surface area contributed by atoms with Crippen LogP contribution in [0.25, 0.3) is 0 Å². The second-order valence-electron chi connectivity index (χ2n) is 7.97. The molecule has 0 amide bonds. The maximum Gasteiger partial charge on any atom is 0.244 e. The number of hydrogen-bond acceptors (Lipinski definition) is 7. The van der Waals surface area contributed by atoms with Crippen molar-refractivity contribution in [1.82, 2.24) is 0 Å². The van der Waals surface area contributed by atoms with E-state index in [4.69, 9.17) is 28.4 Å². The van der Waals surface area contributed by atoms with E-state index in [1.165, 1.54) is 6.26 Å². The SMILES string of the molecule is CC1(C)OC=C([C@H]2O[C@@H]3OC(C)(C)O[C@@H]3C2(CO)OCc2ccccc2)O1. The lowest BCUT2D eigenvalue weighted by Crippen LogP contribution is -2.55. The van der Waals surface area contributed by atoms with Gasteiger partial charge in [-0.05, 0) is 19.4 Å². The molecule has 4 rings (SSSR count). The standard InChI is InChI=1S/C20H26O7/c1-18(2)22-11-14(25-18)15-20(12-21,23-10-13-8-6-5-7-9-13)16-17(24-15)27-19(3,4)26-16/h5-9,11,15-17,21H,10,12H2,1-4H3/t15-,16+,17-,20?/m1/s1. The molecular weight excluding hydrogens is 352 g/mol. The number of fused-ring (bicyclic) bond motifs is 1. The minimum atomic E-state index is -1.19. The Labute approximate surface area is 158 Å².